The summed E-state index contributed by atoms with van der Waals surface area (Å²) in [5, 5.41) is 3.26. The van der Waals surface area contributed by atoms with Crippen LogP contribution in [-0.4, -0.2) is 16.1 Å². The fourth-order valence-corrected chi connectivity index (χ4v) is 1.97. The van der Waals surface area contributed by atoms with Gasteiger partial charge in [-0.25, -0.2) is 4.98 Å². The third-order valence-electron chi connectivity index (χ3n) is 3.07. The molecule has 94 valence electrons. The molecule has 1 N–H and O–H groups in total. The van der Waals surface area contributed by atoms with Crippen LogP contribution in [-0.2, 0) is 0 Å². The third kappa shape index (κ3) is 2.30. The van der Waals surface area contributed by atoms with Gasteiger partial charge in [-0.05, 0) is 38.0 Å². The Balaban J connectivity index is 2.49. The lowest BCUT2D eigenvalue weighted by molar-refractivity contribution is 1.02. The zero-order chi connectivity index (χ0) is 13.1. The van der Waals surface area contributed by atoms with E-state index in [0.717, 1.165) is 11.6 Å². The average Bonchev–Trinajstić information content (AvgIpc) is 2.71. The molecular weight excluding hydrogens is 222 g/mol. The summed E-state index contributed by atoms with van der Waals surface area (Å²) in [6.07, 6.45) is 3.88. The quantitative estimate of drug-likeness (QED) is 0.831. The number of hydrogen-bond donors (Lipinski definition) is 1. The molecule has 18 heavy (non-hydrogen) atoms. The zero-order valence-electron chi connectivity index (χ0n) is 11.2. The third-order valence-corrected chi connectivity index (χ3v) is 3.07. The molecule has 0 atom stereocenters. The van der Waals surface area contributed by atoms with Crippen LogP contribution in [0.1, 0.15) is 16.8 Å². The van der Waals surface area contributed by atoms with Gasteiger partial charge in [0.2, 0.25) is 5.95 Å². The van der Waals surface area contributed by atoms with Crippen molar-refractivity contribution >= 4 is 5.95 Å². The van der Waals surface area contributed by atoms with Crippen molar-refractivity contribution in [2.45, 2.75) is 20.8 Å². The predicted molar refractivity (Wildman–Crippen MR) is 76.5 cm³/mol. The van der Waals surface area contributed by atoms with Crippen molar-refractivity contribution in [1.29, 1.82) is 0 Å². The van der Waals surface area contributed by atoms with Gasteiger partial charge >= 0.3 is 0 Å². The lowest BCUT2D eigenvalue weighted by Crippen LogP contribution is -2.06. The van der Waals surface area contributed by atoms with Gasteiger partial charge in [-0.15, -0.1) is 6.58 Å². The fraction of sp³-hybridized carbons (Fsp3) is 0.267. The van der Waals surface area contributed by atoms with Gasteiger partial charge in [0.1, 0.15) is 0 Å². The van der Waals surface area contributed by atoms with Crippen molar-refractivity contribution in [1.82, 2.24) is 9.55 Å². The number of aromatic nitrogens is 2. The maximum atomic E-state index is 4.50. The summed E-state index contributed by atoms with van der Waals surface area (Å²) >= 11 is 0. The minimum absolute atomic E-state index is 0.710. The molecule has 0 amide bonds. The van der Waals surface area contributed by atoms with Crippen molar-refractivity contribution in [3.05, 3.63) is 53.9 Å². The summed E-state index contributed by atoms with van der Waals surface area (Å²) in [5.74, 6) is 0.862. The Hall–Kier alpha value is -2.03. The molecule has 0 radical (unpaired) electrons. The van der Waals surface area contributed by atoms with E-state index >= 15 is 0 Å². The molecule has 1 heterocycles. The van der Waals surface area contributed by atoms with Gasteiger partial charge in [-0.3, -0.25) is 4.57 Å². The van der Waals surface area contributed by atoms with Gasteiger partial charge in [-0.1, -0.05) is 18.2 Å². The van der Waals surface area contributed by atoms with Gasteiger partial charge in [0, 0.05) is 12.7 Å². The van der Waals surface area contributed by atoms with Crippen LogP contribution in [0.25, 0.3) is 5.69 Å². The van der Waals surface area contributed by atoms with Crippen LogP contribution in [0, 0.1) is 20.8 Å². The molecule has 2 rings (SSSR count). The molecule has 3 heteroatoms. The number of imidazole rings is 1. The van der Waals surface area contributed by atoms with E-state index in [1.807, 2.05) is 19.2 Å². The maximum Gasteiger partial charge on any atom is 0.207 e. The summed E-state index contributed by atoms with van der Waals surface area (Å²) in [7, 11) is 0. The molecule has 0 unspecified atom stereocenters. The van der Waals surface area contributed by atoms with Crippen LogP contribution >= 0.6 is 0 Å². The van der Waals surface area contributed by atoms with Crippen LogP contribution in [0.2, 0.25) is 0 Å². The second-order valence-corrected chi connectivity index (χ2v) is 4.46. The lowest BCUT2D eigenvalue weighted by Gasteiger charge is -2.12. The highest BCUT2D eigenvalue weighted by Gasteiger charge is 2.09. The van der Waals surface area contributed by atoms with Crippen molar-refractivity contribution in [3.8, 4) is 5.69 Å². The normalized spacial score (nSPS) is 10.4. The van der Waals surface area contributed by atoms with Crippen molar-refractivity contribution in [3.63, 3.8) is 0 Å². The molecule has 0 aliphatic rings. The van der Waals surface area contributed by atoms with Crippen molar-refractivity contribution in [2.24, 2.45) is 0 Å². The molecule has 3 nitrogen and oxygen atoms in total. The molecule has 0 saturated carbocycles. The fourth-order valence-electron chi connectivity index (χ4n) is 1.97. The second-order valence-electron chi connectivity index (χ2n) is 4.46. The van der Waals surface area contributed by atoms with Crippen LogP contribution < -0.4 is 5.32 Å². The highest BCUT2D eigenvalue weighted by molar-refractivity contribution is 5.50. The molecule has 0 aliphatic heterocycles. The molecular formula is C15H19N3. The molecule has 1 aromatic carbocycles. The van der Waals surface area contributed by atoms with E-state index in [2.05, 4.69) is 53.5 Å². The monoisotopic (exact) mass is 241 g/mol. The van der Waals surface area contributed by atoms with Gasteiger partial charge in [0.05, 0.1) is 11.4 Å². The highest BCUT2D eigenvalue weighted by atomic mass is 15.2. The van der Waals surface area contributed by atoms with E-state index < -0.39 is 0 Å². The van der Waals surface area contributed by atoms with Crippen molar-refractivity contribution < 1.29 is 0 Å². The van der Waals surface area contributed by atoms with Gasteiger partial charge < -0.3 is 5.32 Å². The number of aryl methyl sites for hydroxylation is 2. The Morgan fingerprint density at radius 2 is 2.11 bits per heavy atom. The number of benzene rings is 1. The van der Waals surface area contributed by atoms with E-state index in [1.165, 1.54) is 16.8 Å². The SMILES string of the molecule is C=CCNc1nc(C)cn1-c1cccc(C)c1C. The van der Waals surface area contributed by atoms with E-state index in [4.69, 9.17) is 0 Å². The topological polar surface area (TPSA) is 29.9 Å². The van der Waals surface area contributed by atoms with E-state index in [-0.39, 0.29) is 0 Å². The first-order chi connectivity index (χ1) is 8.63. The zero-order valence-corrected chi connectivity index (χ0v) is 11.2. The number of hydrogen-bond acceptors (Lipinski definition) is 2. The highest BCUT2D eigenvalue weighted by Crippen LogP contribution is 2.22. The smallest absolute Gasteiger partial charge is 0.207 e. The molecule has 1 aromatic heterocycles. The van der Waals surface area contributed by atoms with Gasteiger partial charge in [0.15, 0.2) is 0 Å². The van der Waals surface area contributed by atoms with Crippen molar-refractivity contribution in [2.75, 3.05) is 11.9 Å². The molecule has 0 saturated heterocycles. The van der Waals surface area contributed by atoms with Gasteiger partial charge in [0.25, 0.3) is 0 Å². The Bertz CT molecular complexity index is 567. The summed E-state index contributed by atoms with van der Waals surface area (Å²) in [4.78, 5) is 4.50. The maximum absolute atomic E-state index is 4.50. The van der Waals surface area contributed by atoms with Crippen LogP contribution in [0.3, 0.4) is 0 Å². The first kappa shape index (κ1) is 12.4. The van der Waals surface area contributed by atoms with Crippen LogP contribution in [0.5, 0.6) is 0 Å². The first-order valence-electron chi connectivity index (χ1n) is 6.11. The lowest BCUT2D eigenvalue weighted by atomic mass is 10.1. The van der Waals surface area contributed by atoms with E-state index in [1.54, 1.807) is 0 Å². The summed E-state index contributed by atoms with van der Waals surface area (Å²) in [6, 6.07) is 6.31. The molecule has 2 aromatic rings. The Kier molecular flexibility index (Phi) is 3.51. The number of nitrogens with zero attached hydrogens (tertiary/aromatic N) is 2. The predicted octanol–water partition coefficient (Wildman–Crippen LogP) is 3.40. The minimum Gasteiger partial charge on any atom is -0.352 e. The molecule has 0 spiro atoms. The number of nitrogens with one attached hydrogen (secondary N) is 1. The number of anilines is 1. The summed E-state index contributed by atoms with van der Waals surface area (Å²) < 4.78 is 2.10. The second kappa shape index (κ2) is 5.08. The Morgan fingerprint density at radius 3 is 2.83 bits per heavy atom. The Morgan fingerprint density at radius 1 is 1.33 bits per heavy atom. The minimum atomic E-state index is 0.710. The van der Waals surface area contributed by atoms with Gasteiger partial charge in [-0.2, -0.15) is 0 Å². The van der Waals surface area contributed by atoms with Crippen LogP contribution in [0.4, 0.5) is 5.95 Å². The first-order valence-corrected chi connectivity index (χ1v) is 6.11. The van der Waals surface area contributed by atoms with E-state index in [9.17, 15) is 0 Å². The summed E-state index contributed by atoms with van der Waals surface area (Å²) in [5.41, 5.74) is 4.73. The standard InChI is InChI=1S/C15H19N3/c1-5-9-16-15-17-12(3)10-18(15)14-8-6-7-11(2)13(14)4/h5-8,10H,1,9H2,2-4H3,(H,16,17). The van der Waals surface area contributed by atoms with Crippen LogP contribution in [0.15, 0.2) is 37.1 Å². The van der Waals surface area contributed by atoms with E-state index in [0.29, 0.717) is 6.54 Å². The Labute approximate surface area is 108 Å². The molecule has 0 fully saturated rings. The number of rotatable bonds is 4. The largest absolute Gasteiger partial charge is 0.352 e. The molecule has 0 aliphatic carbocycles. The average molecular weight is 241 g/mol. The molecule has 0 bridgehead atoms. The summed E-state index contributed by atoms with van der Waals surface area (Å²) in [6.45, 7) is 10.7.